The summed E-state index contributed by atoms with van der Waals surface area (Å²) in [7, 11) is 0. The van der Waals surface area contributed by atoms with Crippen LogP contribution >= 0.6 is 0 Å². The van der Waals surface area contributed by atoms with Crippen LogP contribution in [-0.4, -0.2) is 29.6 Å². The zero-order valence-corrected chi connectivity index (χ0v) is 13.8. The quantitative estimate of drug-likeness (QED) is 0.904. The number of nitrogens with zero attached hydrogens (tertiary/aromatic N) is 1. The van der Waals surface area contributed by atoms with Crippen LogP contribution < -0.4 is 5.32 Å². The first-order valence-corrected chi connectivity index (χ1v) is 8.69. The smallest absolute Gasteiger partial charge is 0.0476 e. The van der Waals surface area contributed by atoms with Gasteiger partial charge in [0, 0.05) is 30.7 Å². The zero-order chi connectivity index (χ0) is 14.9. The van der Waals surface area contributed by atoms with E-state index in [9.17, 15) is 0 Å². The minimum atomic E-state index is 0.271. The van der Waals surface area contributed by atoms with Crippen molar-refractivity contribution in [1.82, 2.24) is 10.2 Å². The average molecular weight is 286 g/mol. The molecule has 2 nitrogen and oxygen atoms in total. The molecule has 2 aliphatic rings. The molecule has 21 heavy (non-hydrogen) atoms. The molecule has 1 saturated carbocycles. The fourth-order valence-electron chi connectivity index (χ4n) is 4.22. The van der Waals surface area contributed by atoms with E-state index < -0.39 is 0 Å². The Morgan fingerprint density at radius 3 is 2.62 bits per heavy atom. The van der Waals surface area contributed by atoms with Crippen LogP contribution in [0.5, 0.6) is 0 Å². The summed E-state index contributed by atoms with van der Waals surface area (Å²) in [6.45, 7) is 9.41. The third kappa shape index (κ3) is 3.02. The maximum Gasteiger partial charge on any atom is 0.0476 e. The van der Waals surface area contributed by atoms with E-state index in [0.29, 0.717) is 6.04 Å². The van der Waals surface area contributed by atoms with Crippen LogP contribution in [0.15, 0.2) is 30.3 Å². The molecule has 4 atom stereocenters. The van der Waals surface area contributed by atoms with Gasteiger partial charge in [-0.1, -0.05) is 50.6 Å². The van der Waals surface area contributed by atoms with Crippen molar-refractivity contribution in [3.63, 3.8) is 0 Å². The SMILES string of the molecule is CCC1(C)CN(C2CCCC2C)C(c2ccccc2)CN1. The highest BCUT2D eigenvalue weighted by Gasteiger charge is 2.41. The van der Waals surface area contributed by atoms with Crippen LogP contribution in [0.25, 0.3) is 0 Å². The second-order valence-corrected chi connectivity index (χ2v) is 7.37. The molecule has 0 spiro atoms. The van der Waals surface area contributed by atoms with E-state index in [-0.39, 0.29) is 5.54 Å². The summed E-state index contributed by atoms with van der Waals surface area (Å²) in [5.74, 6) is 0.843. The molecule has 0 amide bonds. The Bertz CT molecular complexity index is 458. The van der Waals surface area contributed by atoms with Crippen molar-refractivity contribution in [2.45, 2.75) is 64.1 Å². The third-order valence-electron chi connectivity index (χ3n) is 5.86. The number of benzene rings is 1. The van der Waals surface area contributed by atoms with Crippen LogP contribution in [-0.2, 0) is 0 Å². The molecule has 1 N–H and O–H groups in total. The third-order valence-corrected chi connectivity index (χ3v) is 5.86. The van der Waals surface area contributed by atoms with E-state index >= 15 is 0 Å². The van der Waals surface area contributed by atoms with Gasteiger partial charge in [-0.3, -0.25) is 4.90 Å². The Balaban J connectivity index is 1.87. The normalized spacial score (nSPS) is 37.8. The van der Waals surface area contributed by atoms with Crippen molar-refractivity contribution in [3.8, 4) is 0 Å². The lowest BCUT2D eigenvalue weighted by atomic mass is 9.88. The molecular weight excluding hydrogens is 256 g/mol. The number of hydrogen-bond donors (Lipinski definition) is 1. The Hall–Kier alpha value is -0.860. The number of nitrogens with one attached hydrogen (secondary N) is 1. The lowest BCUT2D eigenvalue weighted by Crippen LogP contribution is -2.62. The summed E-state index contributed by atoms with van der Waals surface area (Å²) < 4.78 is 0. The lowest BCUT2D eigenvalue weighted by molar-refractivity contribution is 0.0326. The highest BCUT2D eigenvalue weighted by Crippen LogP contribution is 2.38. The largest absolute Gasteiger partial charge is 0.308 e. The minimum Gasteiger partial charge on any atom is -0.308 e. The second kappa shape index (κ2) is 6.10. The molecule has 4 unspecified atom stereocenters. The second-order valence-electron chi connectivity index (χ2n) is 7.37. The molecule has 1 aliphatic carbocycles. The molecule has 1 heterocycles. The summed E-state index contributed by atoms with van der Waals surface area (Å²) in [6, 6.07) is 12.4. The summed E-state index contributed by atoms with van der Waals surface area (Å²) in [6.07, 6.45) is 5.38. The fourth-order valence-corrected chi connectivity index (χ4v) is 4.22. The van der Waals surface area contributed by atoms with Gasteiger partial charge in [-0.05, 0) is 37.7 Å². The first-order valence-electron chi connectivity index (χ1n) is 8.69. The standard InChI is InChI=1S/C19H30N2/c1-4-19(3)14-21(17-12-8-9-15(17)2)18(13-20-19)16-10-6-5-7-11-16/h5-7,10-11,15,17-18,20H,4,8-9,12-14H2,1-3H3. The van der Waals surface area contributed by atoms with Gasteiger partial charge in [-0.2, -0.15) is 0 Å². The van der Waals surface area contributed by atoms with E-state index in [0.717, 1.165) is 18.5 Å². The van der Waals surface area contributed by atoms with Crippen LogP contribution in [0.4, 0.5) is 0 Å². The van der Waals surface area contributed by atoms with Gasteiger partial charge in [0.1, 0.15) is 0 Å². The van der Waals surface area contributed by atoms with Gasteiger partial charge >= 0.3 is 0 Å². The first kappa shape index (κ1) is 15.1. The first-order chi connectivity index (χ1) is 10.1. The molecule has 1 saturated heterocycles. The van der Waals surface area contributed by atoms with Crippen LogP contribution in [0, 0.1) is 5.92 Å². The van der Waals surface area contributed by atoms with Crippen molar-refractivity contribution >= 4 is 0 Å². The van der Waals surface area contributed by atoms with Gasteiger partial charge in [0.15, 0.2) is 0 Å². The Kier molecular flexibility index (Phi) is 4.37. The Morgan fingerprint density at radius 1 is 1.24 bits per heavy atom. The molecule has 0 aromatic heterocycles. The zero-order valence-electron chi connectivity index (χ0n) is 13.8. The van der Waals surface area contributed by atoms with Gasteiger partial charge in [0.2, 0.25) is 0 Å². The van der Waals surface area contributed by atoms with Crippen molar-refractivity contribution in [2.75, 3.05) is 13.1 Å². The molecule has 1 aromatic rings. The Labute approximate surface area is 129 Å². The predicted octanol–water partition coefficient (Wildman–Crippen LogP) is 3.99. The highest BCUT2D eigenvalue weighted by molar-refractivity contribution is 5.21. The number of hydrogen-bond acceptors (Lipinski definition) is 2. The maximum atomic E-state index is 3.82. The van der Waals surface area contributed by atoms with Crippen LogP contribution in [0.2, 0.25) is 0 Å². The van der Waals surface area contributed by atoms with Crippen molar-refractivity contribution in [2.24, 2.45) is 5.92 Å². The monoisotopic (exact) mass is 286 g/mol. The molecule has 1 aliphatic heterocycles. The summed E-state index contributed by atoms with van der Waals surface area (Å²) in [5, 5.41) is 3.82. The number of piperazine rings is 1. The average Bonchev–Trinajstić information content (AvgIpc) is 2.94. The highest BCUT2D eigenvalue weighted by atomic mass is 15.3. The van der Waals surface area contributed by atoms with Crippen molar-refractivity contribution in [3.05, 3.63) is 35.9 Å². The van der Waals surface area contributed by atoms with Crippen molar-refractivity contribution in [1.29, 1.82) is 0 Å². The molecule has 116 valence electrons. The van der Waals surface area contributed by atoms with Gasteiger partial charge in [0.05, 0.1) is 0 Å². The topological polar surface area (TPSA) is 15.3 Å². The van der Waals surface area contributed by atoms with E-state index in [1.165, 1.54) is 37.8 Å². The molecular formula is C19H30N2. The lowest BCUT2D eigenvalue weighted by Gasteiger charge is -2.49. The number of rotatable bonds is 3. The molecule has 2 fully saturated rings. The van der Waals surface area contributed by atoms with Gasteiger partial charge < -0.3 is 5.32 Å². The summed E-state index contributed by atoms with van der Waals surface area (Å²) >= 11 is 0. The van der Waals surface area contributed by atoms with E-state index in [1.807, 2.05) is 0 Å². The Morgan fingerprint density at radius 2 is 2.00 bits per heavy atom. The summed E-state index contributed by atoms with van der Waals surface area (Å²) in [5.41, 5.74) is 1.75. The fraction of sp³-hybridized carbons (Fsp3) is 0.684. The molecule has 0 bridgehead atoms. The predicted molar refractivity (Wildman–Crippen MR) is 89.4 cm³/mol. The van der Waals surface area contributed by atoms with Gasteiger partial charge in [-0.25, -0.2) is 0 Å². The van der Waals surface area contributed by atoms with E-state index in [2.05, 4.69) is 61.3 Å². The molecule has 3 rings (SSSR count). The van der Waals surface area contributed by atoms with Crippen molar-refractivity contribution < 1.29 is 0 Å². The van der Waals surface area contributed by atoms with E-state index in [4.69, 9.17) is 0 Å². The van der Waals surface area contributed by atoms with Gasteiger partial charge in [0.25, 0.3) is 0 Å². The van der Waals surface area contributed by atoms with E-state index in [1.54, 1.807) is 0 Å². The molecule has 1 aromatic carbocycles. The summed E-state index contributed by atoms with van der Waals surface area (Å²) in [4.78, 5) is 2.83. The van der Waals surface area contributed by atoms with Crippen LogP contribution in [0.3, 0.4) is 0 Å². The molecule has 0 radical (unpaired) electrons. The van der Waals surface area contributed by atoms with Gasteiger partial charge in [-0.15, -0.1) is 0 Å². The molecule has 2 heteroatoms. The van der Waals surface area contributed by atoms with Crippen LogP contribution in [0.1, 0.15) is 58.1 Å². The maximum absolute atomic E-state index is 3.82. The minimum absolute atomic E-state index is 0.271.